The van der Waals surface area contributed by atoms with E-state index in [2.05, 4.69) is 10.3 Å². The molecular formula is C14H18N4O2. The SMILES string of the molecule is COC(=O)c1nnn(C(C)c2ccccc2)c1CCN. The summed E-state index contributed by atoms with van der Waals surface area (Å²) in [5.41, 5.74) is 7.65. The molecular weight excluding hydrogens is 256 g/mol. The van der Waals surface area contributed by atoms with Crippen molar-refractivity contribution in [2.45, 2.75) is 19.4 Å². The molecule has 1 aromatic heterocycles. The van der Waals surface area contributed by atoms with E-state index < -0.39 is 5.97 Å². The number of esters is 1. The Kier molecular flexibility index (Phi) is 4.47. The Morgan fingerprint density at radius 3 is 2.70 bits per heavy atom. The molecule has 20 heavy (non-hydrogen) atoms. The Balaban J connectivity index is 2.41. The minimum Gasteiger partial charge on any atom is -0.464 e. The van der Waals surface area contributed by atoms with Gasteiger partial charge in [-0.15, -0.1) is 5.10 Å². The molecule has 0 amide bonds. The highest BCUT2D eigenvalue weighted by atomic mass is 16.5. The summed E-state index contributed by atoms with van der Waals surface area (Å²) >= 11 is 0. The molecule has 0 fully saturated rings. The van der Waals surface area contributed by atoms with Gasteiger partial charge in [0.15, 0.2) is 5.69 Å². The normalized spacial score (nSPS) is 12.2. The molecule has 106 valence electrons. The maximum Gasteiger partial charge on any atom is 0.360 e. The molecule has 0 spiro atoms. The minimum atomic E-state index is -0.486. The van der Waals surface area contributed by atoms with Crippen LogP contribution >= 0.6 is 0 Å². The largest absolute Gasteiger partial charge is 0.464 e. The average Bonchev–Trinajstić information content (AvgIpc) is 2.91. The van der Waals surface area contributed by atoms with Crippen molar-refractivity contribution < 1.29 is 9.53 Å². The molecule has 1 heterocycles. The van der Waals surface area contributed by atoms with Gasteiger partial charge in [-0.3, -0.25) is 0 Å². The monoisotopic (exact) mass is 274 g/mol. The molecule has 2 N–H and O–H groups in total. The zero-order chi connectivity index (χ0) is 14.5. The van der Waals surface area contributed by atoms with Gasteiger partial charge in [0.25, 0.3) is 0 Å². The van der Waals surface area contributed by atoms with Crippen molar-refractivity contribution in [2.24, 2.45) is 5.73 Å². The molecule has 0 bridgehead atoms. The molecule has 0 aliphatic heterocycles. The molecule has 6 heteroatoms. The molecule has 0 saturated carbocycles. The summed E-state index contributed by atoms with van der Waals surface area (Å²) in [6, 6.07) is 9.88. The lowest BCUT2D eigenvalue weighted by atomic mass is 10.1. The summed E-state index contributed by atoms with van der Waals surface area (Å²) in [5, 5.41) is 8.03. The van der Waals surface area contributed by atoms with Crippen molar-refractivity contribution in [3.63, 3.8) is 0 Å². The Morgan fingerprint density at radius 1 is 1.40 bits per heavy atom. The van der Waals surface area contributed by atoms with Crippen LogP contribution in [-0.4, -0.2) is 34.6 Å². The van der Waals surface area contributed by atoms with Crippen LogP contribution in [0.3, 0.4) is 0 Å². The van der Waals surface area contributed by atoms with Gasteiger partial charge in [-0.25, -0.2) is 9.48 Å². The fourth-order valence-corrected chi connectivity index (χ4v) is 2.12. The zero-order valence-corrected chi connectivity index (χ0v) is 11.6. The first-order chi connectivity index (χ1) is 9.69. The number of carbonyl (C=O) groups excluding carboxylic acids is 1. The first kappa shape index (κ1) is 14.2. The number of nitrogens with zero attached hydrogens (tertiary/aromatic N) is 3. The van der Waals surface area contributed by atoms with Gasteiger partial charge in [0, 0.05) is 6.42 Å². The number of rotatable bonds is 5. The number of hydrogen-bond donors (Lipinski definition) is 1. The number of nitrogens with two attached hydrogens (primary N) is 1. The van der Waals surface area contributed by atoms with Crippen LogP contribution in [0, 0.1) is 0 Å². The van der Waals surface area contributed by atoms with Crippen LogP contribution in [0.5, 0.6) is 0 Å². The fourth-order valence-electron chi connectivity index (χ4n) is 2.12. The topological polar surface area (TPSA) is 83.0 Å². The molecule has 0 radical (unpaired) electrons. The fraction of sp³-hybridized carbons (Fsp3) is 0.357. The highest BCUT2D eigenvalue weighted by molar-refractivity contribution is 5.88. The first-order valence-corrected chi connectivity index (χ1v) is 6.46. The van der Waals surface area contributed by atoms with Gasteiger partial charge in [0.2, 0.25) is 0 Å². The Morgan fingerprint density at radius 2 is 2.10 bits per heavy atom. The standard InChI is InChI=1S/C14H18N4O2/c1-10(11-6-4-3-5-7-11)18-12(8-9-15)13(16-17-18)14(19)20-2/h3-7,10H,8-9,15H2,1-2H3. The van der Waals surface area contributed by atoms with Crippen LogP contribution in [-0.2, 0) is 11.2 Å². The third kappa shape index (κ3) is 2.70. The van der Waals surface area contributed by atoms with Gasteiger partial charge >= 0.3 is 5.97 Å². The molecule has 0 aliphatic rings. The summed E-state index contributed by atoms with van der Waals surface area (Å²) < 4.78 is 6.46. The molecule has 0 aliphatic carbocycles. The van der Waals surface area contributed by atoms with Crippen molar-refractivity contribution in [1.82, 2.24) is 15.0 Å². The Labute approximate surface area is 117 Å². The summed E-state index contributed by atoms with van der Waals surface area (Å²) in [7, 11) is 1.33. The van der Waals surface area contributed by atoms with E-state index in [0.29, 0.717) is 18.7 Å². The van der Waals surface area contributed by atoms with Gasteiger partial charge in [-0.05, 0) is 19.0 Å². The average molecular weight is 274 g/mol. The van der Waals surface area contributed by atoms with E-state index in [9.17, 15) is 4.79 Å². The molecule has 2 rings (SSSR count). The van der Waals surface area contributed by atoms with Crippen LogP contribution in [0.2, 0.25) is 0 Å². The second-order valence-corrected chi connectivity index (χ2v) is 4.45. The third-order valence-electron chi connectivity index (χ3n) is 3.20. The summed E-state index contributed by atoms with van der Waals surface area (Å²) in [6.07, 6.45) is 0.522. The summed E-state index contributed by atoms with van der Waals surface area (Å²) in [6.45, 7) is 2.42. The second kappa shape index (κ2) is 6.29. The van der Waals surface area contributed by atoms with Gasteiger partial charge in [0.1, 0.15) is 0 Å². The Bertz CT molecular complexity index is 580. The van der Waals surface area contributed by atoms with E-state index in [4.69, 9.17) is 10.5 Å². The lowest BCUT2D eigenvalue weighted by Gasteiger charge is -2.15. The van der Waals surface area contributed by atoms with E-state index in [1.165, 1.54) is 7.11 Å². The molecule has 1 unspecified atom stereocenters. The number of methoxy groups -OCH3 is 1. The summed E-state index contributed by atoms with van der Waals surface area (Å²) in [5.74, 6) is -0.486. The van der Waals surface area contributed by atoms with Gasteiger partial charge in [-0.1, -0.05) is 35.5 Å². The molecule has 1 aromatic carbocycles. The molecule has 0 saturated heterocycles. The highest BCUT2D eigenvalue weighted by Gasteiger charge is 2.22. The minimum absolute atomic E-state index is 0.0244. The van der Waals surface area contributed by atoms with Crippen LogP contribution in [0.15, 0.2) is 30.3 Å². The molecule has 1 atom stereocenters. The maximum atomic E-state index is 11.7. The van der Waals surface area contributed by atoms with Gasteiger partial charge < -0.3 is 10.5 Å². The van der Waals surface area contributed by atoms with Crippen LogP contribution < -0.4 is 5.73 Å². The lowest BCUT2D eigenvalue weighted by Crippen LogP contribution is -2.17. The van der Waals surface area contributed by atoms with Crippen LogP contribution in [0.1, 0.15) is 34.7 Å². The number of benzene rings is 1. The predicted octanol–water partition coefficient (Wildman–Crippen LogP) is 1.18. The van der Waals surface area contributed by atoms with Crippen molar-refractivity contribution in [3.8, 4) is 0 Å². The van der Waals surface area contributed by atoms with Crippen molar-refractivity contribution >= 4 is 5.97 Å². The summed E-state index contributed by atoms with van der Waals surface area (Å²) in [4.78, 5) is 11.7. The Hall–Kier alpha value is -2.21. The number of carbonyl (C=O) groups is 1. The molecule has 2 aromatic rings. The van der Waals surface area contributed by atoms with Crippen molar-refractivity contribution in [1.29, 1.82) is 0 Å². The molecule has 6 nitrogen and oxygen atoms in total. The smallest absolute Gasteiger partial charge is 0.360 e. The van der Waals surface area contributed by atoms with E-state index in [1.54, 1.807) is 4.68 Å². The zero-order valence-electron chi connectivity index (χ0n) is 11.6. The highest BCUT2D eigenvalue weighted by Crippen LogP contribution is 2.20. The quantitative estimate of drug-likeness (QED) is 0.828. The van der Waals surface area contributed by atoms with E-state index in [-0.39, 0.29) is 11.7 Å². The number of hydrogen-bond acceptors (Lipinski definition) is 5. The lowest BCUT2D eigenvalue weighted by molar-refractivity contribution is 0.0592. The van der Waals surface area contributed by atoms with Crippen LogP contribution in [0.25, 0.3) is 0 Å². The second-order valence-electron chi connectivity index (χ2n) is 4.45. The van der Waals surface area contributed by atoms with Gasteiger partial charge in [0.05, 0.1) is 18.8 Å². The maximum absolute atomic E-state index is 11.7. The van der Waals surface area contributed by atoms with E-state index in [1.807, 2.05) is 37.3 Å². The predicted molar refractivity (Wildman–Crippen MR) is 74.4 cm³/mol. The third-order valence-corrected chi connectivity index (χ3v) is 3.20. The van der Waals surface area contributed by atoms with Crippen molar-refractivity contribution in [3.05, 3.63) is 47.3 Å². The van der Waals surface area contributed by atoms with Crippen molar-refractivity contribution in [2.75, 3.05) is 13.7 Å². The van der Waals surface area contributed by atoms with E-state index in [0.717, 1.165) is 5.56 Å². The van der Waals surface area contributed by atoms with E-state index >= 15 is 0 Å². The number of aromatic nitrogens is 3. The first-order valence-electron chi connectivity index (χ1n) is 6.46. The number of ether oxygens (including phenoxy) is 1. The van der Waals surface area contributed by atoms with Gasteiger partial charge in [-0.2, -0.15) is 0 Å². The van der Waals surface area contributed by atoms with Crippen LogP contribution in [0.4, 0.5) is 0 Å².